The molecule has 0 bridgehead atoms. The number of nitrogens with one attached hydrogen (secondary N) is 2. The van der Waals surface area contributed by atoms with Gasteiger partial charge < -0.3 is 14.8 Å². The maximum absolute atomic E-state index is 13.5. The minimum atomic E-state index is -4.28. The second-order valence-corrected chi connectivity index (χ2v) is 7.93. The molecule has 0 aliphatic heterocycles. The Kier molecular flexibility index (Phi) is 6.40. The summed E-state index contributed by atoms with van der Waals surface area (Å²) in [6.45, 7) is 0. The van der Waals surface area contributed by atoms with E-state index in [0.717, 1.165) is 6.07 Å². The summed E-state index contributed by atoms with van der Waals surface area (Å²) in [5, 5.41) is 2.65. The van der Waals surface area contributed by atoms with E-state index < -0.39 is 32.5 Å². The standard InChI is InChI=1S/C21H18F2N2O5S/c1-29-13-7-10-19(20(11-13)30-2)24-21(26)15-5-3-4-6-18(15)25-31(27,28)14-8-9-16(22)17(23)12-14/h3-12,25H,1-2H3,(H,24,26). The molecular formula is C21H18F2N2O5S. The molecule has 3 aromatic rings. The highest BCUT2D eigenvalue weighted by Gasteiger charge is 2.21. The Balaban J connectivity index is 1.90. The van der Waals surface area contributed by atoms with Gasteiger partial charge >= 0.3 is 0 Å². The number of rotatable bonds is 7. The number of halogens is 2. The molecule has 0 spiro atoms. The van der Waals surface area contributed by atoms with Gasteiger partial charge in [-0.1, -0.05) is 12.1 Å². The van der Waals surface area contributed by atoms with Crippen molar-refractivity contribution < 1.29 is 31.5 Å². The molecule has 31 heavy (non-hydrogen) atoms. The quantitative estimate of drug-likeness (QED) is 0.569. The summed E-state index contributed by atoms with van der Waals surface area (Å²) in [7, 11) is -1.37. The summed E-state index contributed by atoms with van der Waals surface area (Å²) < 4.78 is 64.4. The molecule has 0 aromatic heterocycles. The molecule has 162 valence electrons. The van der Waals surface area contributed by atoms with Crippen molar-refractivity contribution in [2.45, 2.75) is 4.90 Å². The molecule has 2 N–H and O–H groups in total. The lowest BCUT2D eigenvalue weighted by molar-refractivity contribution is 0.102. The van der Waals surface area contributed by atoms with Crippen LogP contribution in [-0.2, 0) is 10.0 Å². The molecule has 0 fully saturated rings. The minimum absolute atomic E-state index is 0.00605. The van der Waals surface area contributed by atoms with E-state index in [2.05, 4.69) is 10.0 Å². The van der Waals surface area contributed by atoms with Crippen molar-refractivity contribution in [1.82, 2.24) is 0 Å². The molecule has 7 nitrogen and oxygen atoms in total. The fourth-order valence-corrected chi connectivity index (χ4v) is 3.80. The average Bonchev–Trinajstić information content (AvgIpc) is 2.75. The Bertz CT molecular complexity index is 1230. The molecule has 10 heteroatoms. The molecule has 0 saturated carbocycles. The smallest absolute Gasteiger partial charge is 0.262 e. The first-order valence-corrected chi connectivity index (χ1v) is 10.3. The van der Waals surface area contributed by atoms with E-state index in [0.29, 0.717) is 29.3 Å². The third-order valence-electron chi connectivity index (χ3n) is 4.27. The van der Waals surface area contributed by atoms with E-state index in [1.807, 2.05) is 0 Å². The zero-order valence-electron chi connectivity index (χ0n) is 16.5. The van der Waals surface area contributed by atoms with Crippen LogP contribution in [0, 0.1) is 11.6 Å². The highest BCUT2D eigenvalue weighted by molar-refractivity contribution is 7.92. The fraction of sp³-hybridized carbons (Fsp3) is 0.0952. The van der Waals surface area contributed by atoms with Gasteiger partial charge in [0.15, 0.2) is 11.6 Å². The van der Waals surface area contributed by atoms with Crippen molar-refractivity contribution in [3.8, 4) is 11.5 Å². The van der Waals surface area contributed by atoms with Crippen molar-refractivity contribution in [3.63, 3.8) is 0 Å². The molecule has 0 radical (unpaired) electrons. The van der Waals surface area contributed by atoms with Crippen LogP contribution in [0.2, 0.25) is 0 Å². The van der Waals surface area contributed by atoms with Gasteiger partial charge in [-0.25, -0.2) is 17.2 Å². The first-order valence-electron chi connectivity index (χ1n) is 8.85. The number of anilines is 2. The lowest BCUT2D eigenvalue weighted by atomic mass is 10.1. The zero-order valence-corrected chi connectivity index (χ0v) is 17.3. The SMILES string of the molecule is COc1ccc(NC(=O)c2ccccc2NS(=O)(=O)c2ccc(F)c(F)c2)c(OC)c1. The maximum Gasteiger partial charge on any atom is 0.262 e. The fourth-order valence-electron chi connectivity index (χ4n) is 2.71. The average molecular weight is 448 g/mol. The number of methoxy groups -OCH3 is 2. The van der Waals surface area contributed by atoms with Crippen LogP contribution in [0.15, 0.2) is 65.6 Å². The molecule has 0 aliphatic rings. The van der Waals surface area contributed by atoms with Crippen LogP contribution in [0.1, 0.15) is 10.4 Å². The van der Waals surface area contributed by atoms with Gasteiger partial charge in [0.1, 0.15) is 11.5 Å². The second-order valence-electron chi connectivity index (χ2n) is 6.25. The highest BCUT2D eigenvalue weighted by atomic mass is 32.2. The topological polar surface area (TPSA) is 93.7 Å². The number of carbonyl (C=O) groups excluding carboxylic acids is 1. The molecule has 0 unspecified atom stereocenters. The first kappa shape index (κ1) is 22.0. The first-order chi connectivity index (χ1) is 14.7. The molecule has 0 saturated heterocycles. The third-order valence-corrected chi connectivity index (χ3v) is 5.64. The number of amides is 1. The Labute approximate surface area is 177 Å². The van der Waals surface area contributed by atoms with Crippen molar-refractivity contribution in [2.75, 3.05) is 24.3 Å². The molecule has 1 amide bonds. The third kappa shape index (κ3) is 4.92. The predicted octanol–water partition coefficient (Wildman–Crippen LogP) is 4.04. The van der Waals surface area contributed by atoms with Gasteiger partial charge in [0.05, 0.1) is 36.1 Å². The van der Waals surface area contributed by atoms with Crippen LogP contribution in [0.4, 0.5) is 20.2 Å². The van der Waals surface area contributed by atoms with Crippen LogP contribution < -0.4 is 19.5 Å². The van der Waals surface area contributed by atoms with E-state index in [4.69, 9.17) is 9.47 Å². The van der Waals surface area contributed by atoms with Crippen LogP contribution in [-0.4, -0.2) is 28.5 Å². The molecule has 3 rings (SSSR count). The van der Waals surface area contributed by atoms with Crippen molar-refractivity contribution in [2.24, 2.45) is 0 Å². The van der Waals surface area contributed by atoms with Crippen molar-refractivity contribution in [1.29, 1.82) is 0 Å². The normalized spacial score (nSPS) is 11.0. The van der Waals surface area contributed by atoms with Crippen LogP contribution in [0.5, 0.6) is 11.5 Å². The van der Waals surface area contributed by atoms with Gasteiger partial charge in [-0.3, -0.25) is 9.52 Å². The lowest BCUT2D eigenvalue weighted by Crippen LogP contribution is -2.19. The van der Waals surface area contributed by atoms with E-state index in [9.17, 15) is 22.0 Å². The largest absolute Gasteiger partial charge is 0.497 e. The van der Waals surface area contributed by atoms with Gasteiger partial charge in [0.2, 0.25) is 0 Å². The summed E-state index contributed by atoms with van der Waals surface area (Å²) >= 11 is 0. The number of ether oxygens (including phenoxy) is 2. The lowest BCUT2D eigenvalue weighted by Gasteiger charge is -2.15. The number of hydrogen-bond donors (Lipinski definition) is 2. The Hall–Kier alpha value is -3.66. The van der Waals surface area contributed by atoms with E-state index in [1.54, 1.807) is 24.3 Å². The monoisotopic (exact) mass is 448 g/mol. The number of carbonyl (C=O) groups is 1. The van der Waals surface area contributed by atoms with Crippen molar-refractivity contribution >= 4 is 27.3 Å². The van der Waals surface area contributed by atoms with E-state index >= 15 is 0 Å². The minimum Gasteiger partial charge on any atom is -0.497 e. The molecule has 0 heterocycles. The van der Waals surface area contributed by atoms with E-state index in [-0.39, 0.29) is 11.3 Å². The summed E-state index contributed by atoms with van der Waals surface area (Å²) in [5.74, 6) is -2.23. The van der Waals surface area contributed by atoms with Gasteiger partial charge in [-0.05, 0) is 42.5 Å². The van der Waals surface area contributed by atoms with Crippen LogP contribution >= 0.6 is 0 Å². The van der Waals surface area contributed by atoms with Gasteiger partial charge in [0, 0.05) is 6.07 Å². The van der Waals surface area contributed by atoms with E-state index in [1.165, 1.54) is 32.4 Å². The molecular weight excluding hydrogens is 430 g/mol. The van der Waals surface area contributed by atoms with Gasteiger partial charge in [-0.15, -0.1) is 0 Å². The van der Waals surface area contributed by atoms with Crippen LogP contribution in [0.25, 0.3) is 0 Å². The van der Waals surface area contributed by atoms with Crippen molar-refractivity contribution in [3.05, 3.63) is 77.9 Å². The Morgan fingerprint density at radius 1 is 0.871 bits per heavy atom. The summed E-state index contributed by atoms with van der Waals surface area (Å²) in [5.41, 5.74) is 0.301. The Morgan fingerprint density at radius 3 is 2.29 bits per heavy atom. The molecule has 0 atom stereocenters. The second kappa shape index (κ2) is 9.00. The highest BCUT2D eigenvalue weighted by Crippen LogP contribution is 2.30. The van der Waals surface area contributed by atoms with Crippen LogP contribution in [0.3, 0.4) is 0 Å². The summed E-state index contributed by atoms with van der Waals surface area (Å²) in [6, 6.07) is 12.8. The summed E-state index contributed by atoms with van der Waals surface area (Å²) in [4.78, 5) is 12.3. The predicted molar refractivity (Wildman–Crippen MR) is 111 cm³/mol. The number of hydrogen-bond acceptors (Lipinski definition) is 5. The summed E-state index contributed by atoms with van der Waals surface area (Å²) in [6.07, 6.45) is 0. The zero-order chi connectivity index (χ0) is 22.6. The van der Waals surface area contributed by atoms with Gasteiger partial charge in [0.25, 0.3) is 15.9 Å². The molecule has 0 aliphatic carbocycles. The number of para-hydroxylation sites is 1. The number of benzene rings is 3. The maximum atomic E-state index is 13.5. The number of sulfonamides is 1. The van der Waals surface area contributed by atoms with Gasteiger partial charge in [-0.2, -0.15) is 0 Å². The Morgan fingerprint density at radius 2 is 1.61 bits per heavy atom. The molecule has 3 aromatic carbocycles.